The Bertz CT molecular complexity index is 551. The molecule has 0 spiro atoms. The number of fused-ring (bicyclic) bond motifs is 1. The molecule has 2 aromatic heterocycles. The van der Waals surface area contributed by atoms with Crippen molar-refractivity contribution in [3.05, 3.63) is 17.3 Å². The maximum Gasteiger partial charge on any atom is 0.142 e. The molecular weight excluding hydrogens is 286 g/mol. The van der Waals surface area contributed by atoms with E-state index in [1.807, 2.05) is 11.8 Å². The third kappa shape index (κ3) is 3.85. The molecule has 2 rings (SSSR count). The molecule has 110 valence electrons. The molecule has 3 nitrogen and oxygen atoms in total. The molecule has 1 unspecified atom stereocenters. The molecule has 0 aromatic carbocycles. The molecule has 0 amide bonds. The molecule has 0 saturated heterocycles. The predicted molar refractivity (Wildman–Crippen MR) is 91.8 cm³/mol. The topological polar surface area (TPSA) is 37.8 Å². The van der Waals surface area contributed by atoms with E-state index in [4.69, 9.17) is 4.98 Å². The number of thiophene rings is 1. The minimum absolute atomic E-state index is 0.629. The Morgan fingerprint density at radius 1 is 1.30 bits per heavy atom. The average Bonchev–Trinajstić information content (AvgIpc) is 2.90. The number of rotatable bonds is 7. The number of nitrogens with zero attached hydrogens (tertiary/aromatic N) is 2. The maximum atomic E-state index is 4.71. The lowest BCUT2D eigenvalue weighted by molar-refractivity contribution is 0.642. The molecule has 0 radical (unpaired) electrons. The molecule has 0 fully saturated rings. The van der Waals surface area contributed by atoms with E-state index in [2.05, 4.69) is 49.4 Å². The van der Waals surface area contributed by atoms with Crippen molar-refractivity contribution >= 4 is 39.1 Å². The molecule has 0 aliphatic rings. The van der Waals surface area contributed by atoms with Gasteiger partial charge in [-0.1, -0.05) is 27.7 Å². The third-order valence-corrected chi connectivity index (χ3v) is 5.63. The zero-order chi connectivity index (χ0) is 14.5. The van der Waals surface area contributed by atoms with Crippen LogP contribution in [0.25, 0.3) is 10.2 Å². The van der Waals surface area contributed by atoms with E-state index in [1.54, 1.807) is 11.3 Å². The summed E-state index contributed by atoms with van der Waals surface area (Å²) in [5.41, 5.74) is 0. The predicted octanol–water partition coefficient (Wildman–Crippen LogP) is 4.79. The fourth-order valence-corrected chi connectivity index (χ4v) is 3.45. The van der Waals surface area contributed by atoms with E-state index in [9.17, 15) is 0 Å². The molecule has 0 aliphatic carbocycles. The van der Waals surface area contributed by atoms with Gasteiger partial charge in [-0.05, 0) is 23.8 Å². The lowest BCUT2D eigenvalue weighted by Crippen LogP contribution is -2.08. The van der Waals surface area contributed by atoms with Crippen molar-refractivity contribution < 1.29 is 0 Å². The van der Waals surface area contributed by atoms with Gasteiger partial charge in [0.15, 0.2) is 0 Å². The number of aromatic nitrogens is 2. The highest BCUT2D eigenvalue weighted by Gasteiger charge is 2.12. The summed E-state index contributed by atoms with van der Waals surface area (Å²) in [5.74, 6) is 3.50. The van der Waals surface area contributed by atoms with Crippen LogP contribution in [0.15, 0.2) is 11.4 Å². The number of hydrogen-bond donors (Lipinski definition) is 1. The zero-order valence-electron chi connectivity index (χ0n) is 12.6. The van der Waals surface area contributed by atoms with Crippen LogP contribution >= 0.6 is 23.1 Å². The second-order valence-corrected chi connectivity index (χ2v) is 7.57. The SMILES string of the molecule is CCCNc1nc(CSC(C)C(C)C)nc2sccc12. The van der Waals surface area contributed by atoms with Gasteiger partial charge in [-0.3, -0.25) is 0 Å². The first-order valence-corrected chi connectivity index (χ1v) is 9.14. The minimum atomic E-state index is 0.629. The van der Waals surface area contributed by atoms with Crippen LogP contribution in [-0.2, 0) is 5.75 Å². The van der Waals surface area contributed by atoms with Crippen LogP contribution in [0.5, 0.6) is 0 Å². The van der Waals surface area contributed by atoms with Crippen molar-refractivity contribution in [3.63, 3.8) is 0 Å². The molecule has 2 aromatic rings. The number of nitrogens with one attached hydrogen (secondary N) is 1. The van der Waals surface area contributed by atoms with Crippen LogP contribution in [0.1, 0.15) is 39.9 Å². The quantitative estimate of drug-likeness (QED) is 0.798. The molecule has 5 heteroatoms. The van der Waals surface area contributed by atoms with Gasteiger partial charge in [-0.2, -0.15) is 11.8 Å². The van der Waals surface area contributed by atoms with Crippen molar-refractivity contribution in [3.8, 4) is 0 Å². The van der Waals surface area contributed by atoms with E-state index in [1.165, 1.54) is 0 Å². The fourth-order valence-electron chi connectivity index (χ4n) is 1.74. The smallest absolute Gasteiger partial charge is 0.142 e. The lowest BCUT2D eigenvalue weighted by atomic mass is 10.2. The van der Waals surface area contributed by atoms with Gasteiger partial charge < -0.3 is 5.32 Å². The van der Waals surface area contributed by atoms with Gasteiger partial charge >= 0.3 is 0 Å². The van der Waals surface area contributed by atoms with Crippen molar-refractivity contribution in [1.29, 1.82) is 0 Å². The Hall–Kier alpha value is -0.810. The van der Waals surface area contributed by atoms with Crippen LogP contribution < -0.4 is 5.32 Å². The molecule has 0 bridgehead atoms. The van der Waals surface area contributed by atoms with Crippen molar-refractivity contribution in [1.82, 2.24) is 9.97 Å². The van der Waals surface area contributed by atoms with Crippen LogP contribution in [-0.4, -0.2) is 21.8 Å². The minimum Gasteiger partial charge on any atom is -0.369 e. The Kier molecular flexibility index (Phi) is 5.66. The monoisotopic (exact) mass is 309 g/mol. The summed E-state index contributed by atoms with van der Waals surface area (Å²) >= 11 is 3.62. The first-order chi connectivity index (χ1) is 9.61. The van der Waals surface area contributed by atoms with Crippen LogP contribution in [0.4, 0.5) is 5.82 Å². The molecule has 1 N–H and O–H groups in total. The summed E-state index contributed by atoms with van der Waals surface area (Å²) in [6.07, 6.45) is 1.10. The number of thioether (sulfide) groups is 1. The second kappa shape index (κ2) is 7.27. The highest BCUT2D eigenvalue weighted by atomic mass is 32.2. The average molecular weight is 310 g/mol. The number of hydrogen-bond acceptors (Lipinski definition) is 5. The second-order valence-electron chi connectivity index (χ2n) is 5.31. The Balaban J connectivity index is 2.16. The molecule has 0 aliphatic heterocycles. The molecule has 0 saturated carbocycles. The Morgan fingerprint density at radius 2 is 2.10 bits per heavy atom. The molecular formula is C15H23N3S2. The fraction of sp³-hybridized carbons (Fsp3) is 0.600. The normalized spacial score (nSPS) is 13.1. The third-order valence-electron chi connectivity index (χ3n) is 3.33. The zero-order valence-corrected chi connectivity index (χ0v) is 14.3. The summed E-state index contributed by atoms with van der Waals surface area (Å²) in [7, 11) is 0. The van der Waals surface area contributed by atoms with Crippen molar-refractivity contribution in [2.45, 2.75) is 45.1 Å². The van der Waals surface area contributed by atoms with E-state index >= 15 is 0 Å². The maximum absolute atomic E-state index is 4.71. The van der Waals surface area contributed by atoms with Gasteiger partial charge in [-0.25, -0.2) is 9.97 Å². The van der Waals surface area contributed by atoms with E-state index in [-0.39, 0.29) is 0 Å². The van der Waals surface area contributed by atoms with Gasteiger partial charge in [0.2, 0.25) is 0 Å². The highest BCUT2D eigenvalue weighted by Crippen LogP contribution is 2.28. The summed E-state index contributed by atoms with van der Waals surface area (Å²) in [6, 6.07) is 2.10. The standard InChI is InChI=1S/C15H23N3S2/c1-5-7-16-14-12-6-8-19-15(12)18-13(17-14)9-20-11(4)10(2)3/h6,8,10-11H,5,7,9H2,1-4H3,(H,16,17,18). The molecule has 20 heavy (non-hydrogen) atoms. The van der Waals surface area contributed by atoms with E-state index in [0.717, 1.165) is 40.6 Å². The number of anilines is 1. The first kappa shape index (κ1) is 15.6. The molecule has 1 atom stereocenters. The van der Waals surface area contributed by atoms with Gasteiger partial charge in [0.1, 0.15) is 16.5 Å². The van der Waals surface area contributed by atoms with Gasteiger partial charge in [0, 0.05) is 11.8 Å². The van der Waals surface area contributed by atoms with Crippen LogP contribution in [0.2, 0.25) is 0 Å². The highest BCUT2D eigenvalue weighted by molar-refractivity contribution is 7.99. The van der Waals surface area contributed by atoms with Gasteiger partial charge in [-0.15, -0.1) is 11.3 Å². The van der Waals surface area contributed by atoms with Gasteiger partial charge in [0.25, 0.3) is 0 Å². The van der Waals surface area contributed by atoms with Crippen molar-refractivity contribution in [2.75, 3.05) is 11.9 Å². The summed E-state index contributed by atoms with van der Waals surface area (Å²) in [5, 5.41) is 7.28. The lowest BCUT2D eigenvalue weighted by Gasteiger charge is -2.14. The first-order valence-electron chi connectivity index (χ1n) is 7.21. The van der Waals surface area contributed by atoms with Crippen LogP contribution in [0.3, 0.4) is 0 Å². The van der Waals surface area contributed by atoms with E-state index in [0.29, 0.717) is 11.2 Å². The summed E-state index contributed by atoms with van der Waals surface area (Å²) in [4.78, 5) is 10.5. The summed E-state index contributed by atoms with van der Waals surface area (Å²) < 4.78 is 0. The largest absolute Gasteiger partial charge is 0.369 e. The van der Waals surface area contributed by atoms with Crippen molar-refractivity contribution in [2.24, 2.45) is 5.92 Å². The van der Waals surface area contributed by atoms with Crippen LogP contribution in [0, 0.1) is 5.92 Å². The Labute approximate surface area is 129 Å². The molecule has 2 heterocycles. The van der Waals surface area contributed by atoms with Gasteiger partial charge in [0.05, 0.1) is 11.1 Å². The Morgan fingerprint density at radius 3 is 2.80 bits per heavy atom. The summed E-state index contributed by atoms with van der Waals surface area (Å²) in [6.45, 7) is 9.91. The van der Waals surface area contributed by atoms with E-state index < -0.39 is 0 Å².